The van der Waals surface area contributed by atoms with Crippen LogP contribution in [0.5, 0.6) is 11.5 Å². The van der Waals surface area contributed by atoms with Crippen LogP contribution < -0.4 is 20.5 Å². The standard InChI is InChI=1S/C17H24N2O4.ClH/c18-12-17(4-8-21-9-5-17)16(20)19-11-13-2-3-14-15(10-13)23-7-1-6-22-14;/h2-3,10H,1,4-9,11-12,18H2,(H,19,20);1H. The van der Waals surface area contributed by atoms with E-state index >= 15 is 0 Å². The Labute approximate surface area is 148 Å². The van der Waals surface area contributed by atoms with Crippen LogP contribution in [0.25, 0.3) is 0 Å². The molecule has 6 nitrogen and oxygen atoms in total. The van der Waals surface area contributed by atoms with Gasteiger partial charge in [-0.25, -0.2) is 0 Å². The molecule has 0 atom stereocenters. The first-order chi connectivity index (χ1) is 11.2. The lowest BCUT2D eigenvalue weighted by Gasteiger charge is -2.34. The van der Waals surface area contributed by atoms with Crippen molar-refractivity contribution in [3.63, 3.8) is 0 Å². The molecule has 1 saturated heterocycles. The monoisotopic (exact) mass is 356 g/mol. The summed E-state index contributed by atoms with van der Waals surface area (Å²) in [5.74, 6) is 1.52. The zero-order chi connectivity index (χ0) is 16.1. The second kappa shape index (κ2) is 8.55. The Morgan fingerprint density at radius 1 is 1.12 bits per heavy atom. The summed E-state index contributed by atoms with van der Waals surface area (Å²) in [4.78, 5) is 12.6. The molecule has 0 spiro atoms. The van der Waals surface area contributed by atoms with Gasteiger partial charge >= 0.3 is 0 Å². The van der Waals surface area contributed by atoms with E-state index in [1.165, 1.54) is 0 Å². The summed E-state index contributed by atoms with van der Waals surface area (Å²) in [5, 5.41) is 3.01. The van der Waals surface area contributed by atoms with Crippen LogP contribution in [0, 0.1) is 5.41 Å². The molecule has 1 aromatic carbocycles. The molecule has 0 unspecified atom stereocenters. The highest BCUT2D eigenvalue weighted by Crippen LogP contribution is 2.31. The molecule has 1 fully saturated rings. The van der Waals surface area contributed by atoms with Gasteiger partial charge in [0.15, 0.2) is 11.5 Å². The number of halogens is 1. The van der Waals surface area contributed by atoms with E-state index in [-0.39, 0.29) is 18.3 Å². The highest BCUT2D eigenvalue weighted by molar-refractivity contribution is 5.85. The average Bonchev–Trinajstić information content (AvgIpc) is 2.85. The normalized spacial score (nSPS) is 18.9. The van der Waals surface area contributed by atoms with Crippen molar-refractivity contribution in [1.29, 1.82) is 0 Å². The van der Waals surface area contributed by atoms with Gasteiger partial charge in [0.05, 0.1) is 18.6 Å². The molecule has 2 aliphatic rings. The highest BCUT2D eigenvalue weighted by Gasteiger charge is 2.38. The molecule has 3 N–H and O–H groups in total. The molecule has 24 heavy (non-hydrogen) atoms. The van der Waals surface area contributed by atoms with E-state index in [1.54, 1.807) is 0 Å². The number of rotatable bonds is 4. The Balaban J connectivity index is 0.00000208. The second-order valence-electron chi connectivity index (χ2n) is 6.11. The smallest absolute Gasteiger partial charge is 0.227 e. The first-order valence-electron chi connectivity index (χ1n) is 8.18. The third-order valence-electron chi connectivity index (χ3n) is 4.59. The number of carbonyl (C=O) groups excluding carboxylic acids is 1. The van der Waals surface area contributed by atoms with Gasteiger partial charge in [0, 0.05) is 32.7 Å². The quantitative estimate of drug-likeness (QED) is 0.857. The lowest BCUT2D eigenvalue weighted by molar-refractivity contribution is -0.136. The maximum Gasteiger partial charge on any atom is 0.227 e. The van der Waals surface area contributed by atoms with Gasteiger partial charge in [-0.3, -0.25) is 4.79 Å². The predicted octanol–water partition coefficient (Wildman–Crippen LogP) is 1.64. The van der Waals surface area contributed by atoms with Crippen LogP contribution in [0.2, 0.25) is 0 Å². The van der Waals surface area contributed by atoms with E-state index in [0.29, 0.717) is 52.4 Å². The fourth-order valence-corrected chi connectivity index (χ4v) is 2.97. The van der Waals surface area contributed by atoms with Crippen LogP contribution >= 0.6 is 12.4 Å². The van der Waals surface area contributed by atoms with Gasteiger partial charge < -0.3 is 25.3 Å². The Morgan fingerprint density at radius 3 is 2.54 bits per heavy atom. The van der Waals surface area contributed by atoms with Gasteiger partial charge in [-0.2, -0.15) is 0 Å². The van der Waals surface area contributed by atoms with Crippen molar-refractivity contribution in [2.45, 2.75) is 25.8 Å². The van der Waals surface area contributed by atoms with Gasteiger partial charge in [-0.05, 0) is 30.5 Å². The van der Waals surface area contributed by atoms with Crippen LogP contribution in [-0.2, 0) is 16.1 Å². The van der Waals surface area contributed by atoms with Crippen molar-refractivity contribution in [2.75, 3.05) is 33.0 Å². The molecule has 1 amide bonds. The second-order valence-corrected chi connectivity index (χ2v) is 6.11. The molecular formula is C17H25ClN2O4. The molecule has 0 bridgehead atoms. The molecule has 0 saturated carbocycles. The Kier molecular flexibility index (Phi) is 6.71. The largest absolute Gasteiger partial charge is 0.490 e. The third kappa shape index (κ3) is 4.12. The van der Waals surface area contributed by atoms with Crippen molar-refractivity contribution in [3.05, 3.63) is 23.8 Å². The predicted molar refractivity (Wildman–Crippen MR) is 92.7 cm³/mol. The van der Waals surface area contributed by atoms with E-state index in [0.717, 1.165) is 23.5 Å². The summed E-state index contributed by atoms with van der Waals surface area (Å²) in [6.07, 6.45) is 2.23. The first kappa shape index (κ1) is 18.8. The Bertz CT molecular complexity index is 562. The fourth-order valence-electron chi connectivity index (χ4n) is 2.97. The van der Waals surface area contributed by atoms with Crippen LogP contribution in [0.1, 0.15) is 24.8 Å². The van der Waals surface area contributed by atoms with Crippen LogP contribution in [0.15, 0.2) is 18.2 Å². The Morgan fingerprint density at radius 2 is 1.83 bits per heavy atom. The van der Waals surface area contributed by atoms with Crippen LogP contribution in [0.3, 0.4) is 0 Å². The molecule has 2 aliphatic heterocycles. The molecular weight excluding hydrogens is 332 g/mol. The maximum atomic E-state index is 12.6. The van der Waals surface area contributed by atoms with Gasteiger partial charge in [0.1, 0.15) is 0 Å². The van der Waals surface area contributed by atoms with Crippen molar-refractivity contribution in [1.82, 2.24) is 5.32 Å². The number of ether oxygens (including phenoxy) is 3. The van der Waals surface area contributed by atoms with Crippen molar-refractivity contribution >= 4 is 18.3 Å². The number of fused-ring (bicyclic) bond motifs is 1. The summed E-state index contributed by atoms with van der Waals surface area (Å²) >= 11 is 0. The topological polar surface area (TPSA) is 82.8 Å². The molecule has 0 radical (unpaired) electrons. The van der Waals surface area contributed by atoms with Crippen LogP contribution in [-0.4, -0.2) is 38.9 Å². The van der Waals surface area contributed by atoms with E-state index < -0.39 is 5.41 Å². The molecule has 7 heteroatoms. The van der Waals surface area contributed by atoms with Gasteiger partial charge in [-0.15, -0.1) is 12.4 Å². The number of hydrogen-bond donors (Lipinski definition) is 2. The molecule has 2 heterocycles. The number of carbonyl (C=O) groups is 1. The molecule has 134 valence electrons. The Hall–Kier alpha value is -1.50. The summed E-state index contributed by atoms with van der Waals surface area (Å²) in [5.41, 5.74) is 6.36. The summed E-state index contributed by atoms with van der Waals surface area (Å²) < 4.78 is 16.6. The van der Waals surface area contributed by atoms with E-state index in [4.69, 9.17) is 19.9 Å². The van der Waals surface area contributed by atoms with Crippen molar-refractivity contribution in [2.24, 2.45) is 11.1 Å². The fraction of sp³-hybridized carbons (Fsp3) is 0.588. The minimum atomic E-state index is -0.496. The number of benzene rings is 1. The summed E-state index contributed by atoms with van der Waals surface area (Å²) in [7, 11) is 0. The SMILES string of the molecule is Cl.NCC1(C(=O)NCc2ccc3c(c2)OCCCO3)CCOCC1. The molecule has 0 aromatic heterocycles. The van der Waals surface area contributed by atoms with Crippen molar-refractivity contribution < 1.29 is 19.0 Å². The number of hydrogen-bond acceptors (Lipinski definition) is 5. The minimum absolute atomic E-state index is 0. The first-order valence-corrected chi connectivity index (χ1v) is 8.18. The average molecular weight is 357 g/mol. The van der Waals surface area contributed by atoms with Crippen LogP contribution in [0.4, 0.5) is 0 Å². The van der Waals surface area contributed by atoms with Crippen molar-refractivity contribution in [3.8, 4) is 11.5 Å². The lowest BCUT2D eigenvalue weighted by atomic mass is 9.79. The molecule has 1 aromatic rings. The minimum Gasteiger partial charge on any atom is -0.490 e. The number of nitrogens with one attached hydrogen (secondary N) is 1. The van der Waals surface area contributed by atoms with Gasteiger partial charge in [-0.1, -0.05) is 6.07 Å². The number of nitrogens with two attached hydrogens (primary N) is 1. The van der Waals surface area contributed by atoms with Gasteiger partial charge in [0.2, 0.25) is 5.91 Å². The molecule has 3 rings (SSSR count). The maximum absolute atomic E-state index is 12.6. The lowest BCUT2D eigenvalue weighted by Crippen LogP contribution is -2.48. The summed E-state index contributed by atoms with van der Waals surface area (Å²) in [6.45, 7) is 3.31. The van der Waals surface area contributed by atoms with E-state index in [2.05, 4.69) is 5.32 Å². The molecule has 0 aliphatic carbocycles. The zero-order valence-electron chi connectivity index (χ0n) is 13.7. The third-order valence-corrected chi connectivity index (χ3v) is 4.59. The highest BCUT2D eigenvalue weighted by atomic mass is 35.5. The van der Waals surface area contributed by atoms with Gasteiger partial charge in [0.25, 0.3) is 0 Å². The van der Waals surface area contributed by atoms with E-state index in [9.17, 15) is 4.79 Å². The van der Waals surface area contributed by atoms with E-state index in [1.807, 2.05) is 18.2 Å². The number of amides is 1. The zero-order valence-corrected chi connectivity index (χ0v) is 14.5. The summed E-state index contributed by atoms with van der Waals surface area (Å²) in [6, 6.07) is 5.78.